The zero-order chi connectivity index (χ0) is 10.6. The van der Waals surface area contributed by atoms with E-state index in [-0.39, 0.29) is 23.9 Å². The average Bonchev–Trinajstić information content (AvgIpc) is 2.99. The van der Waals surface area contributed by atoms with Gasteiger partial charge in [0.2, 0.25) is 0 Å². The molecule has 0 amide bonds. The van der Waals surface area contributed by atoms with E-state index in [1.54, 1.807) is 13.0 Å². The minimum Gasteiger partial charge on any atom is -0.299 e. The third-order valence-electron chi connectivity index (χ3n) is 2.41. The Kier molecular flexibility index (Phi) is 4.05. The summed E-state index contributed by atoms with van der Waals surface area (Å²) in [5.41, 5.74) is 0.562. The fourth-order valence-electron chi connectivity index (χ4n) is 1.42. The summed E-state index contributed by atoms with van der Waals surface area (Å²) in [5, 5.41) is 0. The topological polar surface area (TPSA) is 17.1 Å². The first-order valence-corrected chi connectivity index (χ1v) is 5.23. The molecule has 0 aromatic rings. The van der Waals surface area contributed by atoms with Crippen LogP contribution >= 0.6 is 0 Å². The van der Waals surface area contributed by atoms with Gasteiger partial charge in [-0.1, -0.05) is 19.1 Å². The van der Waals surface area contributed by atoms with E-state index in [4.69, 9.17) is 0 Å². The lowest BCUT2D eigenvalue weighted by Crippen LogP contribution is -2.02. The van der Waals surface area contributed by atoms with Crippen molar-refractivity contribution in [3.63, 3.8) is 0 Å². The van der Waals surface area contributed by atoms with Gasteiger partial charge in [-0.25, -0.2) is 4.39 Å². The molecule has 0 radical (unpaired) electrons. The molecular weight excluding hydrogens is 179 g/mol. The number of carbonyl (C=O) groups excluding carboxylic acids is 1. The number of Topliss-reactive ketones (excluding diaryl/α,β-unsaturated/α-hetero) is 1. The van der Waals surface area contributed by atoms with E-state index in [0.717, 1.165) is 19.3 Å². The van der Waals surface area contributed by atoms with Gasteiger partial charge in [-0.2, -0.15) is 0 Å². The van der Waals surface area contributed by atoms with E-state index in [9.17, 15) is 9.18 Å². The summed E-state index contributed by atoms with van der Waals surface area (Å²) in [7, 11) is 0. The second-order valence-corrected chi connectivity index (χ2v) is 3.69. The molecule has 2 heteroatoms. The van der Waals surface area contributed by atoms with Gasteiger partial charge in [0.1, 0.15) is 11.6 Å². The molecule has 1 nitrogen and oxygen atoms in total. The molecule has 1 rings (SSSR count). The van der Waals surface area contributed by atoms with Gasteiger partial charge in [-0.05, 0) is 31.8 Å². The molecule has 0 saturated heterocycles. The van der Waals surface area contributed by atoms with Crippen LogP contribution < -0.4 is 0 Å². The summed E-state index contributed by atoms with van der Waals surface area (Å²) < 4.78 is 13.3. The van der Waals surface area contributed by atoms with Crippen molar-refractivity contribution in [3.05, 3.63) is 23.6 Å². The number of allylic oxidation sites excluding steroid dienone is 4. The summed E-state index contributed by atoms with van der Waals surface area (Å²) in [6.07, 6.45) is 6.26. The highest BCUT2D eigenvalue weighted by Gasteiger charge is 2.29. The average molecular weight is 196 g/mol. The van der Waals surface area contributed by atoms with Crippen LogP contribution in [0.4, 0.5) is 4.39 Å². The van der Waals surface area contributed by atoms with Gasteiger partial charge in [-0.15, -0.1) is 0 Å². The van der Waals surface area contributed by atoms with Crippen LogP contribution in [0.5, 0.6) is 0 Å². The van der Waals surface area contributed by atoms with Crippen molar-refractivity contribution in [1.82, 2.24) is 0 Å². The Hall–Kier alpha value is -0.920. The molecule has 0 aliphatic heterocycles. The minimum atomic E-state index is -0.249. The molecule has 1 aliphatic rings. The van der Waals surface area contributed by atoms with Crippen LogP contribution in [0.2, 0.25) is 0 Å². The number of carbonyl (C=O) groups is 1. The molecule has 1 fully saturated rings. The number of rotatable bonds is 5. The summed E-state index contributed by atoms with van der Waals surface area (Å²) in [6.45, 7) is 3.60. The molecule has 0 heterocycles. The lowest BCUT2D eigenvalue weighted by Gasteiger charge is -2.03. The molecule has 14 heavy (non-hydrogen) atoms. The van der Waals surface area contributed by atoms with Crippen molar-refractivity contribution in [2.24, 2.45) is 5.92 Å². The molecule has 0 bridgehead atoms. The van der Waals surface area contributed by atoms with Crippen molar-refractivity contribution < 1.29 is 9.18 Å². The highest BCUT2D eigenvalue weighted by molar-refractivity contribution is 5.85. The van der Waals surface area contributed by atoms with Gasteiger partial charge in [0.25, 0.3) is 0 Å². The van der Waals surface area contributed by atoms with Crippen LogP contribution in [0, 0.1) is 5.92 Å². The quantitative estimate of drug-likeness (QED) is 0.614. The van der Waals surface area contributed by atoms with E-state index in [1.165, 1.54) is 6.08 Å². The van der Waals surface area contributed by atoms with E-state index >= 15 is 0 Å². The monoisotopic (exact) mass is 196 g/mol. The van der Waals surface area contributed by atoms with Gasteiger partial charge in [-0.3, -0.25) is 4.79 Å². The standard InChI is InChI=1S/C12H17FO/c1-3-5-10(11(13)4-2)8-12(14)9-6-7-9/h4-5,9H,3,6-8H2,1-2H3/b10-5-,11-4+. The van der Waals surface area contributed by atoms with Crippen LogP contribution in [0.15, 0.2) is 23.6 Å². The Bertz CT molecular complexity index is 272. The summed E-state index contributed by atoms with van der Waals surface area (Å²) in [6, 6.07) is 0. The molecule has 0 unspecified atom stereocenters. The Labute approximate surface area is 84.7 Å². The summed E-state index contributed by atoms with van der Waals surface area (Å²) in [5.74, 6) is 0.169. The van der Waals surface area contributed by atoms with Crippen molar-refractivity contribution in [1.29, 1.82) is 0 Å². The molecule has 0 aromatic carbocycles. The highest BCUT2D eigenvalue weighted by Crippen LogP contribution is 2.33. The Morgan fingerprint density at radius 1 is 1.50 bits per heavy atom. The maximum absolute atomic E-state index is 13.3. The molecule has 1 aliphatic carbocycles. The Balaban J connectivity index is 2.59. The van der Waals surface area contributed by atoms with Crippen LogP contribution in [0.3, 0.4) is 0 Å². The van der Waals surface area contributed by atoms with Crippen LogP contribution in [-0.2, 0) is 4.79 Å². The molecule has 78 valence electrons. The zero-order valence-corrected chi connectivity index (χ0v) is 8.85. The van der Waals surface area contributed by atoms with Gasteiger partial charge in [0.15, 0.2) is 0 Å². The van der Waals surface area contributed by atoms with Crippen molar-refractivity contribution >= 4 is 5.78 Å². The predicted octanol–water partition coefficient (Wildman–Crippen LogP) is 3.57. The van der Waals surface area contributed by atoms with Crippen LogP contribution in [0.1, 0.15) is 39.5 Å². The molecule has 0 spiro atoms. The van der Waals surface area contributed by atoms with Crippen molar-refractivity contribution in [3.8, 4) is 0 Å². The van der Waals surface area contributed by atoms with E-state index in [0.29, 0.717) is 5.57 Å². The first-order valence-electron chi connectivity index (χ1n) is 5.23. The fraction of sp³-hybridized carbons (Fsp3) is 0.583. The maximum Gasteiger partial charge on any atom is 0.140 e. The van der Waals surface area contributed by atoms with E-state index in [2.05, 4.69) is 0 Å². The SMILES string of the molecule is C/C=C(F)\C(=C/CC)CC(=O)C1CC1. The molecule has 0 aromatic heterocycles. The fourth-order valence-corrected chi connectivity index (χ4v) is 1.42. The smallest absolute Gasteiger partial charge is 0.140 e. The maximum atomic E-state index is 13.3. The largest absolute Gasteiger partial charge is 0.299 e. The lowest BCUT2D eigenvalue weighted by atomic mass is 10.0. The Morgan fingerprint density at radius 3 is 2.57 bits per heavy atom. The Morgan fingerprint density at radius 2 is 2.14 bits per heavy atom. The second-order valence-electron chi connectivity index (χ2n) is 3.69. The third-order valence-corrected chi connectivity index (χ3v) is 2.41. The third kappa shape index (κ3) is 3.09. The summed E-state index contributed by atoms with van der Waals surface area (Å²) >= 11 is 0. The highest BCUT2D eigenvalue weighted by atomic mass is 19.1. The van der Waals surface area contributed by atoms with Crippen molar-refractivity contribution in [2.75, 3.05) is 0 Å². The summed E-state index contributed by atoms with van der Waals surface area (Å²) in [4.78, 5) is 11.5. The lowest BCUT2D eigenvalue weighted by molar-refractivity contribution is -0.119. The van der Waals surface area contributed by atoms with E-state index < -0.39 is 0 Å². The molecular formula is C12H17FO. The van der Waals surface area contributed by atoms with Gasteiger partial charge in [0, 0.05) is 12.3 Å². The van der Waals surface area contributed by atoms with Gasteiger partial charge >= 0.3 is 0 Å². The van der Waals surface area contributed by atoms with Gasteiger partial charge < -0.3 is 0 Å². The predicted molar refractivity (Wildman–Crippen MR) is 55.6 cm³/mol. The molecule has 0 N–H and O–H groups in total. The van der Waals surface area contributed by atoms with E-state index in [1.807, 2.05) is 6.92 Å². The minimum absolute atomic E-state index is 0.196. The molecule has 0 atom stereocenters. The first-order chi connectivity index (χ1) is 6.69. The molecule has 1 saturated carbocycles. The van der Waals surface area contributed by atoms with Crippen molar-refractivity contribution in [2.45, 2.75) is 39.5 Å². The number of ketones is 1. The van der Waals surface area contributed by atoms with Crippen LogP contribution in [-0.4, -0.2) is 5.78 Å². The normalized spacial score (nSPS) is 18.5. The first kappa shape index (κ1) is 11.2. The second kappa shape index (κ2) is 5.08. The number of hydrogen-bond donors (Lipinski definition) is 0. The van der Waals surface area contributed by atoms with Crippen LogP contribution in [0.25, 0.3) is 0 Å². The number of hydrogen-bond acceptors (Lipinski definition) is 1. The number of halogens is 1. The van der Waals surface area contributed by atoms with Gasteiger partial charge in [0.05, 0.1) is 0 Å². The zero-order valence-electron chi connectivity index (χ0n) is 8.85.